The molecule has 0 radical (unpaired) electrons. The largest absolute Gasteiger partial charge is 0.464 e. The van der Waals surface area contributed by atoms with E-state index < -0.39 is 16.2 Å². The molecule has 114 valence electrons. The molecule has 0 spiro atoms. The zero-order chi connectivity index (χ0) is 15.3. The van der Waals surface area contributed by atoms with Crippen LogP contribution in [0, 0.1) is 0 Å². The maximum absolute atomic E-state index is 12.2. The number of methoxy groups -OCH3 is 1. The van der Waals surface area contributed by atoms with Crippen LogP contribution < -0.4 is 10.6 Å². The van der Waals surface area contributed by atoms with E-state index in [0.717, 1.165) is 14.5 Å². The number of esters is 1. The average molecular weight is 305 g/mol. The predicted molar refractivity (Wildman–Crippen MR) is 74.0 cm³/mol. The minimum absolute atomic E-state index is 0.0642. The van der Waals surface area contributed by atoms with Gasteiger partial charge in [0.05, 0.1) is 13.3 Å². The maximum atomic E-state index is 12.2. The van der Waals surface area contributed by atoms with Crippen LogP contribution in [-0.4, -0.2) is 69.0 Å². The summed E-state index contributed by atoms with van der Waals surface area (Å²) >= 11 is 0. The van der Waals surface area contributed by atoms with Crippen LogP contribution in [0.25, 0.3) is 0 Å². The molecule has 0 fully saturated rings. The number of carbonyl (C=O) groups is 1. The maximum Gasteiger partial charge on any atom is 0.358 e. The van der Waals surface area contributed by atoms with E-state index in [9.17, 15) is 13.2 Å². The number of likely N-dealkylation sites (N-methyl/N-ethyl adjacent to an activating group) is 1. The third-order valence-corrected chi connectivity index (χ3v) is 4.14. The molecule has 9 nitrogen and oxygen atoms in total. The van der Waals surface area contributed by atoms with Gasteiger partial charge >= 0.3 is 16.2 Å². The highest BCUT2D eigenvalue weighted by Crippen LogP contribution is 2.14. The quantitative estimate of drug-likeness (QED) is 0.489. The van der Waals surface area contributed by atoms with E-state index in [1.165, 1.54) is 21.2 Å². The van der Waals surface area contributed by atoms with Crippen molar-refractivity contribution in [2.24, 2.45) is 0 Å². The standard InChI is InChI=1S/C10H19N5O4S/c1-11-5-6-12-10-13-8(9(16)19-4)7-15(10)20(17,18)14(2)3/h7,11H,5-6H2,1-4H3,(H,12,13). The fourth-order valence-corrected chi connectivity index (χ4v) is 2.24. The van der Waals surface area contributed by atoms with E-state index in [0.29, 0.717) is 13.1 Å². The van der Waals surface area contributed by atoms with E-state index in [1.807, 2.05) is 0 Å². The van der Waals surface area contributed by atoms with Crippen molar-refractivity contribution in [1.29, 1.82) is 0 Å². The lowest BCUT2D eigenvalue weighted by atomic mass is 10.5. The van der Waals surface area contributed by atoms with Gasteiger partial charge in [0.25, 0.3) is 0 Å². The third-order valence-electron chi connectivity index (χ3n) is 2.44. The van der Waals surface area contributed by atoms with Crippen LogP contribution in [0.4, 0.5) is 5.95 Å². The number of aromatic nitrogens is 2. The Labute approximate surface area is 118 Å². The Bertz CT molecular complexity index is 566. The van der Waals surface area contributed by atoms with Gasteiger partial charge in [0.2, 0.25) is 5.95 Å². The molecule has 0 saturated heterocycles. The molecule has 0 unspecified atom stereocenters. The molecule has 0 aliphatic carbocycles. The van der Waals surface area contributed by atoms with Gasteiger partial charge in [0.15, 0.2) is 5.69 Å². The molecule has 0 bridgehead atoms. The second-order valence-electron chi connectivity index (χ2n) is 4.06. The number of carbonyl (C=O) groups excluding carboxylic acids is 1. The Balaban J connectivity index is 3.19. The van der Waals surface area contributed by atoms with E-state index in [1.54, 1.807) is 7.05 Å². The summed E-state index contributed by atoms with van der Waals surface area (Å²) in [5, 5.41) is 5.76. The highest BCUT2D eigenvalue weighted by molar-refractivity contribution is 7.87. The summed E-state index contributed by atoms with van der Waals surface area (Å²) in [5.41, 5.74) is -0.0788. The molecule has 0 aromatic carbocycles. The monoisotopic (exact) mass is 305 g/mol. The Morgan fingerprint density at radius 1 is 1.45 bits per heavy atom. The van der Waals surface area contributed by atoms with Gasteiger partial charge in [-0.3, -0.25) is 0 Å². The van der Waals surface area contributed by atoms with Crippen LogP contribution in [0.15, 0.2) is 6.20 Å². The van der Waals surface area contributed by atoms with Crippen LogP contribution in [0.5, 0.6) is 0 Å². The number of nitrogens with zero attached hydrogens (tertiary/aromatic N) is 3. The molecule has 1 aromatic heterocycles. The lowest BCUT2D eigenvalue weighted by Crippen LogP contribution is -2.30. The fourth-order valence-electron chi connectivity index (χ4n) is 1.34. The lowest BCUT2D eigenvalue weighted by molar-refractivity contribution is 0.0594. The molecule has 0 saturated carbocycles. The summed E-state index contributed by atoms with van der Waals surface area (Å²) in [6.45, 7) is 1.07. The van der Waals surface area contributed by atoms with Gasteiger partial charge in [0.1, 0.15) is 0 Å². The summed E-state index contributed by atoms with van der Waals surface area (Å²) in [4.78, 5) is 15.4. The van der Waals surface area contributed by atoms with E-state index in [2.05, 4.69) is 20.4 Å². The van der Waals surface area contributed by atoms with Crippen LogP contribution in [0.1, 0.15) is 10.5 Å². The molecule has 0 aliphatic heterocycles. The summed E-state index contributed by atoms with van der Waals surface area (Å²) in [5.74, 6) is -0.635. The number of hydrogen-bond donors (Lipinski definition) is 2. The average Bonchev–Trinajstić information content (AvgIpc) is 2.82. The number of imidazole rings is 1. The highest BCUT2D eigenvalue weighted by Gasteiger charge is 2.24. The number of ether oxygens (including phenoxy) is 1. The zero-order valence-electron chi connectivity index (χ0n) is 11.9. The topological polar surface area (TPSA) is 106 Å². The first-order chi connectivity index (χ1) is 9.34. The molecule has 20 heavy (non-hydrogen) atoms. The van der Waals surface area contributed by atoms with Gasteiger partial charge in [-0.25, -0.2) is 9.78 Å². The Morgan fingerprint density at radius 2 is 2.10 bits per heavy atom. The van der Waals surface area contributed by atoms with Gasteiger partial charge in [-0.05, 0) is 7.05 Å². The van der Waals surface area contributed by atoms with Crippen molar-refractivity contribution in [3.05, 3.63) is 11.9 Å². The van der Waals surface area contributed by atoms with Crippen LogP contribution in [0.3, 0.4) is 0 Å². The normalized spacial score (nSPS) is 11.7. The molecule has 0 amide bonds. The zero-order valence-corrected chi connectivity index (χ0v) is 12.7. The van der Waals surface area contributed by atoms with Crippen molar-refractivity contribution in [1.82, 2.24) is 18.6 Å². The smallest absolute Gasteiger partial charge is 0.358 e. The van der Waals surface area contributed by atoms with Gasteiger partial charge in [0, 0.05) is 27.2 Å². The second-order valence-corrected chi connectivity index (χ2v) is 6.08. The molecule has 1 heterocycles. The Hall–Kier alpha value is -1.65. The SMILES string of the molecule is CNCCNc1nc(C(=O)OC)cn1S(=O)(=O)N(C)C. The number of rotatable bonds is 7. The molecule has 2 N–H and O–H groups in total. The van der Waals surface area contributed by atoms with Crippen molar-refractivity contribution >= 4 is 22.1 Å². The number of anilines is 1. The Kier molecular flexibility index (Phi) is 5.48. The lowest BCUT2D eigenvalue weighted by Gasteiger charge is -2.14. The molecule has 0 atom stereocenters. The molecule has 10 heteroatoms. The molecular weight excluding hydrogens is 286 g/mol. The second kappa shape index (κ2) is 6.68. The molecule has 1 aromatic rings. The summed E-state index contributed by atoms with van der Waals surface area (Å²) in [6, 6.07) is 0. The summed E-state index contributed by atoms with van der Waals surface area (Å²) in [6.07, 6.45) is 1.13. The summed E-state index contributed by atoms with van der Waals surface area (Å²) in [7, 11) is 1.99. The van der Waals surface area contributed by atoms with Crippen LogP contribution in [0.2, 0.25) is 0 Å². The minimum Gasteiger partial charge on any atom is -0.464 e. The van der Waals surface area contributed by atoms with Gasteiger partial charge < -0.3 is 15.4 Å². The first kappa shape index (κ1) is 16.4. The number of nitrogens with one attached hydrogen (secondary N) is 2. The molecular formula is C10H19N5O4S. The van der Waals surface area contributed by atoms with E-state index in [4.69, 9.17) is 0 Å². The van der Waals surface area contributed by atoms with E-state index >= 15 is 0 Å². The van der Waals surface area contributed by atoms with Crippen LogP contribution in [-0.2, 0) is 14.9 Å². The van der Waals surface area contributed by atoms with Crippen molar-refractivity contribution in [2.45, 2.75) is 0 Å². The van der Waals surface area contributed by atoms with Gasteiger partial charge in [-0.2, -0.15) is 16.7 Å². The first-order valence-corrected chi connectivity index (χ1v) is 7.23. The van der Waals surface area contributed by atoms with Crippen molar-refractivity contribution in [2.75, 3.05) is 46.7 Å². The van der Waals surface area contributed by atoms with Gasteiger partial charge in [-0.15, -0.1) is 0 Å². The minimum atomic E-state index is -3.77. The first-order valence-electron chi connectivity index (χ1n) is 5.83. The summed E-state index contributed by atoms with van der Waals surface area (Å²) < 4.78 is 30.8. The predicted octanol–water partition coefficient (Wildman–Crippen LogP) is -1.04. The third kappa shape index (κ3) is 3.46. The van der Waals surface area contributed by atoms with Crippen molar-refractivity contribution in [3.63, 3.8) is 0 Å². The van der Waals surface area contributed by atoms with E-state index in [-0.39, 0.29) is 11.6 Å². The Morgan fingerprint density at radius 3 is 2.60 bits per heavy atom. The van der Waals surface area contributed by atoms with Gasteiger partial charge in [-0.1, -0.05) is 0 Å². The molecule has 1 rings (SSSR count). The molecule has 0 aliphatic rings. The highest BCUT2D eigenvalue weighted by atomic mass is 32.2. The number of hydrogen-bond acceptors (Lipinski definition) is 7. The van der Waals surface area contributed by atoms with Crippen LogP contribution >= 0.6 is 0 Å². The van der Waals surface area contributed by atoms with Crippen molar-refractivity contribution in [3.8, 4) is 0 Å². The van der Waals surface area contributed by atoms with Crippen molar-refractivity contribution < 1.29 is 17.9 Å². The fraction of sp³-hybridized carbons (Fsp3) is 0.600.